The Morgan fingerprint density at radius 1 is 1.00 bits per heavy atom. The van der Waals surface area contributed by atoms with Crippen LogP contribution in [0.25, 0.3) is 5.57 Å². The van der Waals surface area contributed by atoms with Gasteiger partial charge in [-0.25, -0.2) is 0 Å². The molecule has 2 aromatic rings. The minimum absolute atomic E-state index is 0.302. The molecular formula is C15H13FO3S. The molecule has 2 rings (SSSR count). The lowest BCUT2D eigenvalue weighted by Crippen LogP contribution is -1.93. The molecule has 0 saturated heterocycles. The second-order valence-corrected chi connectivity index (χ2v) is 5.29. The zero-order chi connectivity index (χ0) is 14.6. The minimum atomic E-state index is -4.73. The van der Waals surface area contributed by atoms with Gasteiger partial charge in [0.2, 0.25) is 0 Å². The van der Waals surface area contributed by atoms with E-state index in [0.717, 1.165) is 0 Å². The molecule has 0 N–H and O–H groups in total. The Kier molecular flexibility index (Phi) is 4.20. The first-order valence-electron chi connectivity index (χ1n) is 5.86. The third-order valence-corrected chi connectivity index (χ3v) is 3.26. The maximum atomic E-state index is 13.0. The third kappa shape index (κ3) is 3.68. The molecule has 0 spiro atoms. The van der Waals surface area contributed by atoms with Crippen molar-refractivity contribution >= 4 is 15.8 Å². The van der Waals surface area contributed by atoms with E-state index in [1.807, 2.05) is 0 Å². The maximum absolute atomic E-state index is 13.0. The normalized spacial score (nSPS) is 12.2. The molecule has 104 valence electrons. The molecule has 2 aromatic carbocycles. The van der Waals surface area contributed by atoms with E-state index in [2.05, 4.69) is 0 Å². The Bertz CT molecular complexity index is 705. The van der Waals surface area contributed by atoms with Gasteiger partial charge in [0, 0.05) is 5.57 Å². The molecule has 0 aliphatic rings. The van der Waals surface area contributed by atoms with Crippen LogP contribution in [0.1, 0.15) is 11.1 Å². The molecule has 0 radical (unpaired) electrons. The van der Waals surface area contributed by atoms with Gasteiger partial charge in [0.05, 0.1) is 12.5 Å². The summed E-state index contributed by atoms with van der Waals surface area (Å²) in [6.45, 7) is 0. The van der Waals surface area contributed by atoms with Crippen LogP contribution in [0.4, 0.5) is 3.89 Å². The lowest BCUT2D eigenvalue weighted by Gasteiger charge is -2.08. The van der Waals surface area contributed by atoms with Crippen molar-refractivity contribution in [1.82, 2.24) is 0 Å². The second kappa shape index (κ2) is 5.88. The summed E-state index contributed by atoms with van der Waals surface area (Å²) in [7, 11) is -3.19. The Balaban J connectivity index is 2.55. The second-order valence-electron chi connectivity index (χ2n) is 4.10. The Morgan fingerprint density at radius 3 is 2.05 bits per heavy atom. The van der Waals surface area contributed by atoms with Crippen molar-refractivity contribution in [3.8, 4) is 5.75 Å². The highest BCUT2D eigenvalue weighted by molar-refractivity contribution is 7.89. The van der Waals surface area contributed by atoms with Crippen molar-refractivity contribution in [3.63, 3.8) is 0 Å². The molecule has 0 heterocycles. The first kappa shape index (κ1) is 14.3. The van der Waals surface area contributed by atoms with Crippen LogP contribution in [0.2, 0.25) is 0 Å². The predicted octanol–water partition coefficient (Wildman–Crippen LogP) is 3.38. The molecule has 0 unspecified atom stereocenters. The quantitative estimate of drug-likeness (QED) is 0.811. The number of hydrogen-bond donors (Lipinski definition) is 0. The van der Waals surface area contributed by atoms with Crippen LogP contribution < -0.4 is 4.74 Å². The number of methoxy groups -OCH3 is 1. The van der Waals surface area contributed by atoms with Crippen LogP contribution in [0.5, 0.6) is 5.75 Å². The van der Waals surface area contributed by atoms with E-state index >= 15 is 0 Å². The van der Waals surface area contributed by atoms with E-state index in [0.29, 0.717) is 27.9 Å². The zero-order valence-corrected chi connectivity index (χ0v) is 11.6. The number of halogens is 1. The van der Waals surface area contributed by atoms with Crippen LogP contribution in [-0.2, 0) is 10.2 Å². The van der Waals surface area contributed by atoms with Crippen LogP contribution in [0.3, 0.4) is 0 Å². The van der Waals surface area contributed by atoms with Crippen LogP contribution in [0, 0.1) is 0 Å². The highest BCUT2D eigenvalue weighted by Crippen LogP contribution is 2.26. The average Bonchev–Trinajstić information content (AvgIpc) is 2.45. The van der Waals surface area contributed by atoms with Gasteiger partial charge in [-0.3, -0.25) is 0 Å². The van der Waals surface area contributed by atoms with Gasteiger partial charge < -0.3 is 4.74 Å². The molecule has 20 heavy (non-hydrogen) atoms. The van der Waals surface area contributed by atoms with Crippen molar-refractivity contribution < 1.29 is 17.0 Å². The fraction of sp³-hybridized carbons (Fsp3) is 0.0667. The highest BCUT2D eigenvalue weighted by atomic mass is 32.3. The summed E-state index contributed by atoms with van der Waals surface area (Å²) in [5, 5.41) is 0.629. The zero-order valence-electron chi connectivity index (χ0n) is 10.8. The van der Waals surface area contributed by atoms with Gasteiger partial charge in [0.25, 0.3) is 0 Å². The van der Waals surface area contributed by atoms with Crippen molar-refractivity contribution in [2.45, 2.75) is 0 Å². The summed E-state index contributed by atoms with van der Waals surface area (Å²) in [5.41, 5.74) is 1.52. The lowest BCUT2D eigenvalue weighted by molar-refractivity contribution is 0.415. The lowest BCUT2D eigenvalue weighted by atomic mass is 10.00. The standard InChI is InChI=1S/C15H13FO3S/c1-19-14-9-7-13(8-10-14)15(11-20(16,17)18)12-5-3-2-4-6-12/h2-11H,1H3/b15-11+. The van der Waals surface area contributed by atoms with Gasteiger partial charge >= 0.3 is 10.2 Å². The number of benzene rings is 2. The van der Waals surface area contributed by atoms with Gasteiger partial charge in [-0.1, -0.05) is 42.5 Å². The van der Waals surface area contributed by atoms with E-state index in [-0.39, 0.29) is 0 Å². The van der Waals surface area contributed by atoms with Crippen molar-refractivity contribution in [3.05, 3.63) is 71.1 Å². The summed E-state index contributed by atoms with van der Waals surface area (Å²) in [4.78, 5) is 0. The van der Waals surface area contributed by atoms with Crippen LogP contribution >= 0.6 is 0 Å². The number of ether oxygens (including phenoxy) is 1. The SMILES string of the molecule is COc1ccc(/C(=C/S(=O)(=O)F)c2ccccc2)cc1. The molecule has 0 aliphatic heterocycles. The monoisotopic (exact) mass is 292 g/mol. The summed E-state index contributed by atoms with van der Waals surface area (Å²) >= 11 is 0. The van der Waals surface area contributed by atoms with Crippen molar-refractivity contribution in [2.24, 2.45) is 0 Å². The van der Waals surface area contributed by atoms with Gasteiger partial charge in [-0.05, 0) is 23.3 Å². The van der Waals surface area contributed by atoms with E-state index in [4.69, 9.17) is 4.74 Å². The Hall–Kier alpha value is -2.14. The van der Waals surface area contributed by atoms with E-state index < -0.39 is 10.2 Å². The molecule has 0 fully saturated rings. The van der Waals surface area contributed by atoms with Crippen molar-refractivity contribution in [2.75, 3.05) is 7.11 Å². The minimum Gasteiger partial charge on any atom is -0.497 e. The van der Waals surface area contributed by atoms with E-state index in [9.17, 15) is 12.3 Å². The average molecular weight is 292 g/mol. The number of rotatable bonds is 4. The first-order valence-corrected chi connectivity index (χ1v) is 7.30. The predicted molar refractivity (Wildman–Crippen MR) is 76.5 cm³/mol. The summed E-state index contributed by atoms with van der Waals surface area (Å²) in [6.07, 6.45) is 0. The smallest absolute Gasteiger partial charge is 0.325 e. The topological polar surface area (TPSA) is 43.4 Å². The largest absolute Gasteiger partial charge is 0.497 e. The molecular weight excluding hydrogens is 279 g/mol. The fourth-order valence-corrected chi connectivity index (χ4v) is 2.39. The van der Waals surface area contributed by atoms with Gasteiger partial charge in [0.15, 0.2) is 0 Å². The molecule has 0 atom stereocenters. The summed E-state index contributed by atoms with van der Waals surface area (Å²) < 4.78 is 40.0. The van der Waals surface area contributed by atoms with Crippen molar-refractivity contribution in [1.29, 1.82) is 0 Å². The van der Waals surface area contributed by atoms with E-state index in [1.165, 1.54) is 7.11 Å². The molecule has 0 saturated carbocycles. The molecule has 0 amide bonds. The molecule has 0 aliphatic carbocycles. The third-order valence-electron chi connectivity index (χ3n) is 2.74. The molecule has 0 aromatic heterocycles. The van der Waals surface area contributed by atoms with Crippen LogP contribution in [-0.4, -0.2) is 15.5 Å². The molecule has 3 nitrogen and oxygen atoms in total. The summed E-state index contributed by atoms with van der Waals surface area (Å²) in [5.74, 6) is 0.643. The fourth-order valence-electron chi connectivity index (χ4n) is 1.83. The highest BCUT2D eigenvalue weighted by Gasteiger charge is 2.11. The Labute approximate surface area is 117 Å². The van der Waals surface area contributed by atoms with Gasteiger partial charge in [-0.2, -0.15) is 8.42 Å². The molecule has 0 bridgehead atoms. The van der Waals surface area contributed by atoms with Gasteiger partial charge in [0.1, 0.15) is 5.75 Å². The van der Waals surface area contributed by atoms with Crippen LogP contribution in [0.15, 0.2) is 60.0 Å². The number of hydrogen-bond acceptors (Lipinski definition) is 3. The maximum Gasteiger partial charge on any atom is 0.325 e. The van der Waals surface area contributed by atoms with Gasteiger partial charge in [-0.15, -0.1) is 3.89 Å². The molecule has 5 heteroatoms. The Morgan fingerprint density at radius 2 is 1.55 bits per heavy atom. The summed E-state index contributed by atoms with van der Waals surface area (Å²) in [6, 6.07) is 15.5. The first-order chi connectivity index (χ1) is 9.49. The van der Waals surface area contributed by atoms with E-state index in [1.54, 1.807) is 54.6 Å².